The Kier molecular flexibility index (Phi) is 155. The lowest BCUT2D eigenvalue weighted by molar-refractivity contribution is -0.920. The summed E-state index contributed by atoms with van der Waals surface area (Å²) < 4.78 is 190. The van der Waals surface area contributed by atoms with Gasteiger partial charge in [-0.25, -0.2) is 0 Å². The summed E-state index contributed by atoms with van der Waals surface area (Å²) in [5, 5.41) is 63.5. The van der Waals surface area contributed by atoms with Crippen LogP contribution in [0.5, 0.6) is 0 Å². The molecule has 51 nitrogen and oxygen atoms in total. The average molecular weight is 2210 g/mol. The summed E-state index contributed by atoms with van der Waals surface area (Å²) in [5.41, 5.74) is 0. The van der Waals surface area contributed by atoms with E-state index in [1.807, 2.05) is 0 Å². The summed E-state index contributed by atoms with van der Waals surface area (Å²) in [6.45, 7) is 54.9. The molecular weight excluding hydrogens is 1990 g/mol. The van der Waals surface area contributed by atoms with E-state index in [1.165, 1.54) is 42.5 Å². The van der Waals surface area contributed by atoms with Gasteiger partial charge in [0.1, 0.15) is 145 Å². The number of rotatable bonds is 110. The van der Waals surface area contributed by atoms with Crippen LogP contribution in [0.4, 0.5) is 0 Å². The molecule has 0 aliphatic carbocycles. The van der Waals surface area contributed by atoms with Crippen LogP contribution in [0.2, 0.25) is 0 Å². The molecule has 0 atom stereocenters. The van der Waals surface area contributed by atoms with Crippen LogP contribution in [-0.4, -0.2) is 688 Å². The predicted molar refractivity (Wildman–Crippen MR) is 557 cm³/mol. The van der Waals surface area contributed by atoms with Crippen LogP contribution in [0.15, 0.2) is 0 Å². The standard InChI is InChI=1S/C21H45NO9.2C18H39NO9.C15H33NO6.C12H27NO6.C6H13NO2.C5H11NO.C4H9NO/c1-23-10-13-29-19-16-26-7-4-22(5-8-27-17-20-30-14-11-24-2)6-9-28-18-21-31-15-12-25-3;1-20-10-13-26-16-23-7-4-19(5-8-24-17-27-14-11-21-2)6-9-25-18-28-15-12-22-3;20-4-10-26-16-13-23-7-1-19(2-8-24-14-17-27-11-5-21)3-9-25-15-18-28-12-6-22;1-17-10-13-20-7-4-16(5-8-21-14-11-18-2)6-9-22-15-12-19-3;14-4-1-7-19-12-13(2-8-17-10-5-15)3-9-18-11-6-16;8-4-1-7-2-5-9-6-3-7;1-6-2-4-7-5-3-6;1-3-6-4-2-5-1/h4-21H2,1-3H3;4-18H2,1-3H3;20-22H,1-18H2;4-15H2,1-3H3;14-16H,1-12H2;8H,1-6H2;2-5H2,1H3;5H,1-4H2/p+7. The first-order valence-corrected chi connectivity index (χ1v) is 53.9. The van der Waals surface area contributed by atoms with Crippen molar-refractivity contribution in [1.82, 2.24) is 5.32 Å². The number of aliphatic hydroxyl groups excluding tert-OH is 7. The van der Waals surface area contributed by atoms with Gasteiger partial charge < -0.3 is 246 Å². The first kappa shape index (κ1) is 156. The molecule has 0 unspecified atom stereocenters. The van der Waals surface area contributed by atoms with E-state index in [4.69, 9.17) is 206 Å². The number of hydrogen-bond acceptors (Lipinski definition) is 44. The van der Waals surface area contributed by atoms with Crippen LogP contribution >= 0.6 is 0 Å². The van der Waals surface area contributed by atoms with Gasteiger partial charge in [-0.3, -0.25) is 0 Å². The summed E-state index contributed by atoms with van der Waals surface area (Å²) >= 11 is 0. The van der Waals surface area contributed by atoms with Crippen molar-refractivity contribution in [2.45, 2.75) is 6.42 Å². The van der Waals surface area contributed by atoms with Crippen LogP contribution in [0.25, 0.3) is 0 Å². The fraction of sp³-hybridized carbons (Fsp3) is 1.00. The quantitative estimate of drug-likeness (QED) is 0.0199. The second-order valence-corrected chi connectivity index (χ2v) is 32.9. The number of quaternary nitrogens is 7. The van der Waals surface area contributed by atoms with Gasteiger partial charge in [-0.15, -0.1) is 0 Å². The number of hydrogen-bond donors (Lipinski definition) is 15. The number of methoxy groups -OCH3 is 9. The Hall–Kier alpha value is -2.04. The molecule has 3 aliphatic rings. The monoisotopic (exact) mass is 2210 g/mol. The molecule has 3 aliphatic heterocycles. The molecule has 0 aromatic rings. The topological polar surface area (TPSA) is 517 Å². The molecule has 0 aromatic heterocycles. The largest absolute Gasteiger partial charge is 0.396 e. The maximum atomic E-state index is 8.66. The van der Waals surface area contributed by atoms with Crippen LogP contribution < -0.4 is 39.6 Å². The molecule has 150 heavy (non-hydrogen) atoms. The van der Waals surface area contributed by atoms with Crippen molar-refractivity contribution in [1.29, 1.82) is 0 Å². The molecule has 0 amide bonds. The Labute approximate surface area is 900 Å². The van der Waals surface area contributed by atoms with E-state index in [-0.39, 0.29) is 60.0 Å². The molecule has 0 saturated carbocycles. The third-order valence-corrected chi connectivity index (χ3v) is 20.8. The van der Waals surface area contributed by atoms with E-state index >= 15 is 0 Å². The second-order valence-electron chi connectivity index (χ2n) is 32.9. The van der Waals surface area contributed by atoms with Crippen molar-refractivity contribution < 1.29 is 241 Å². The van der Waals surface area contributed by atoms with E-state index < -0.39 is 0 Å². The highest BCUT2D eigenvalue weighted by Crippen LogP contribution is 1.91. The molecule has 15 N–H and O–H groups in total. The Bertz CT molecular complexity index is 2010. The second kappa shape index (κ2) is 149. The van der Waals surface area contributed by atoms with Crippen molar-refractivity contribution in [3.8, 4) is 0 Å². The lowest BCUT2D eigenvalue weighted by Crippen LogP contribution is -3.14. The predicted octanol–water partition coefficient (Wildman–Crippen LogP) is -13.2. The summed E-state index contributed by atoms with van der Waals surface area (Å²) in [7, 11) is 17.1. The van der Waals surface area contributed by atoms with Gasteiger partial charge in [-0.2, -0.15) is 0 Å². The molecule has 3 rings (SSSR count). The lowest BCUT2D eigenvalue weighted by Gasteiger charge is -2.22. The summed E-state index contributed by atoms with van der Waals surface area (Å²) in [5.74, 6) is 0. The van der Waals surface area contributed by atoms with Gasteiger partial charge >= 0.3 is 0 Å². The average Bonchev–Trinajstić information content (AvgIpc) is 0.982. The van der Waals surface area contributed by atoms with Crippen LogP contribution in [0.1, 0.15) is 6.42 Å². The first-order chi connectivity index (χ1) is 74.1. The highest BCUT2D eigenvalue weighted by atomic mass is 16.7. The molecule has 0 aromatic carbocycles. The number of likely N-dealkylation sites (N-methyl/N-ethyl adjacent to an activating group) is 1. The third-order valence-electron chi connectivity index (χ3n) is 20.8. The minimum atomic E-state index is 0.0218. The van der Waals surface area contributed by atoms with Gasteiger partial charge in [-0.1, -0.05) is 0 Å². The van der Waals surface area contributed by atoms with Crippen LogP contribution in [0, 0.1) is 0 Å². The Balaban J connectivity index is -0.000000556. The minimum absolute atomic E-state index is 0.0218. The molecule has 910 valence electrons. The van der Waals surface area contributed by atoms with Gasteiger partial charge in [0, 0.05) is 83.7 Å². The number of ether oxygens (including phenoxy) is 36. The third kappa shape index (κ3) is 144. The smallest absolute Gasteiger partial charge is 0.181 e. The SMILES string of the molecule is C1COCCN1.COCCOCCOCC[NH+](CCOCCOCCOC)CCOCCOCCOC.COCCOCC[NH+](CCOCCOC)CCOCCOC.COCCOCOCC[NH+](CCOCOCCOC)CCOCOCCOC.C[NH+]1CCOCC1.OCCCOC[NH+](CCOCCO)CCOCCO.OCCOCCOCC[NH+](CCOCCOCCO)CCOCCOCCO.OCC[NH+]1CCOCC1. The number of morpholine rings is 3. The van der Waals surface area contributed by atoms with Crippen molar-refractivity contribution in [3.05, 3.63) is 0 Å². The fourth-order valence-corrected chi connectivity index (χ4v) is 12.1. The molecule has 0 spiro atoms. The number of nitrogens with one attached hydrogen (secondary N) is 8. The van der Waals surface area contributed by atoms with E-state index in [2.05, 4.69) is 12.4 Å². The van der Waals surface area contributed by atoms with E-state index in [9.17, 15) is 0 Å². The van der Waals surface area contributed by atoms with Crippen molar-refractivity contribution in [2.75, 3.05) is 652 Å². The molecule has 3 heterocycles. The van der Waals surface area contributed by atoms with Gasteiger partial charge in [0.05, 0.1) is 417 Å². The number of aliphatic hydroxyl groups is 7. The van der Waals surface area contributed by atoms with Gasteiger partial charge in [0.2, 0.25) is 0 Å². The van der Waals surface area contributed by atoms with Crippen molar-refractivity contribution in [3.63, 3.8) is 0 Å². The maximum absolute atomic E-state index is 8.66. The Morgan fingerprint density at radius 2 is 0.380 bits per heavy atom. The maximum Gasteiger partial charge on any atom is 0.181 e. The van der Waals surface area contributed by atoms with E-state index in [0.29, 0.717) is 330 Å². The van der Waals surface area contributed by atoms with Crippen LogP contribution in [-0.2, 0) is 171 Å². The first-order valence-electron chi connectivity index (χ1n) is 53.9. The highest BCUT2D eigenvalue weighted by molar-refractivity contribution is 4.51. The zero-order valence-corrected chi connectivity index (χ0v) is 94.8. The van der Waals surface area contributed by atoms with Crippen molar-refractivity contribution in [2.24, 2.45) is 0 Å². The van der Waals surface area contributed by atoms with Gasteiger partial charge in [-0.05, 0) is 6.42 Å². The highest BCUT2D eigenvalue weighted by Gasteiger charge is 2.17. The molecule has 0 bridgehead atoms. The fourth-order valence-electron chi connectivity index (χ4n) is 12.1. The van der Waals surface area contributed by atoms with Gasteiger partial charge in [0.15, 0.2) is 6.73 Å². The Morgan fingerprint density at radius 3 is 0.573 bits per heavy atom. The van der Waals surface area contributed by atoms with Gasteiger partial charge in [0.25, 0.3) is 0 Å². The summed E-state index contributed by atoms with van der Waals surface area (Å²) in [6, 6.07) is 0. The molecule has 0 radical (unpaired) electrons. The minimum Gasteiger partial charge on any atom is -0.396 e. The Morgan fingerprint density at radius 1 is 0.193 bits per heavy atom. The normalized spacial score (nSPS) is 13.3. The van der Waals surface area contributed by atoms with Crippen LogP contribution in [0.3, 0.4) is 0 Å². The lowest BCUT2D eigenvalue weighted by atomic mass is 10.4. The van der Waals surface area contributed by atoms with E-state index in [1.54, 1.807) is 68.9 Å². The molecule has 3 saturated heterocycles. The summed E-state index contributed by atoms with van der Waals surface area (Å²) in [6.07, 6.45) is 0.634. The van der Waals surface area contributed by atoms with Crippen molar-refractivity contribution >= 4 is 0 Å². The molecule has 3 fully saturated rings. The van der Waals surface area contributed by atoms with E-state index in [0.717, 1.165) is 184 Å². The molecule has 51 heteroatoms. The molecular formula is C99H223N8O43+7. The zero-order chi connectivity index (χ0) is 110. The zero-order valence-electron chi connectivity index (χ0n) is 94.8. The summed E-state index contributed by atoms with van der Waals surface area (Å²) in [4.78, 5) is 9.63.